The maximum atomic E-state index is 8.60. The Morgan fingerprint density at radius 2 is 1.93 bits per heavy atom. The molecule has 0 radical (unpaired) electrons. The van der Waals surface area contributed by atoms with Crippen molar-refractivity contribution in [2.75, 3.05) is 11.9 Å². The van der Waals surface area contributed by atoms with Gasteiger partial charge in [-0.15, -0.1) is 0 Å². The van der Waals surface area contributed by atoms with Crippen LogP contribution in [0, 0.1) is 11.3 Å². The van der Waals surface area contributed by atoms with Crippen LogP contribution in [0.1, 0.15) is 19.4 Å². The molecule has 1 aromatic rings. The molecule has 0 spiro atoms. The summed E-state index contributed by atoms with van der Waals surface area (Å²) in [5, 5.41) is 11.8. The molecule has 3 heteroatoms. The zero-order chi connectivity index (χ0) is 10.6. The maximum absolute atomic E-state index is 8.60. The number of rotatable bonds is 3. The van der Waals surface area contributed by atoms with Gasteiger partial charge in [-0.05, 0) is 38.1 Å². The number of nitrogens with two attached hydrogens (primary N) is 1. The minimum absolute atomic E-state index is 0.228. The minimum Gasteiger partial charge on any atom is -0.383 e. The quantitative estimate of drug-likeness (QED) is 0.760. The van der Waals surface area contributed by atoms with E-state index in [0.29, 0.717) is 12.1 Å². The van der Waals surface area contributed by atoms with Crippen LogP contribution in [-0.4, -0.2) is 12.1 Å². The van der Waals surface area contributed by atoms with Crippen molar-refractivity contribution in [2.45, 2.75) is 19.4 Å². The van der Waals surface area contributed by atoms with E-state index in [0.717, 1.165) is 5.69 Å². The van der Waals surface area contributed by atoms with Crippen LogP contribution in [-0.2, 0) is 0 Å². The summed E-state index contributed by atoms with van der Waals surface area (Å²) in [5.41, 5.74) is 7.25. The first-order chi connectivity index (χ1) is 6.51. The summed E-state index contributed by atoms with van der Waals surface area (Å²) in [6, 6.07) is 9.40. The first-order valence-electron chi connectivity index (χ1n) is 4.54. The highest BCUT2D eigenvalue weighted by Crippen LogP contribution is 2.09. The molecule has 0 amide bonds. The number of hydrogen-bond donors (Lipinski definition) is 2. The second kappa shape index (κ2) is 4.12. The fraction of sp³-hybridized carbons (Fsp3) is 0.364. The third kappa shape index (κ3) is 3.46. The van der Waals surface area contributed by atoms with Crippen molar-refractivity contribution >= 4 is 5.69 Å². The lowest BCUT2D eigenvalue weighted by Gasteiger charge is -2.19. The van der Waals surface area contributed by atoms with Gasteiger partial charge in [0.05, 0.1) is 11.6 Å². The van der Waals surface area contributed by atoms with Gasteiger partial charge in [-0.1, -0.05) is 0 Å². The molecule has 0 unspecified atom stereocenters. The van der Waals surface area contributed by atoms with E-state index >= 15 is 0 Å². The SMILES string of the molecule is CC(C)(N)CNc1ccc(C#N)cc1. The molecule has 14 heavy (non-hydrogen) atoms. The van der Waals surface area contributed by atoms with Crippen molar-refractivity contribution in [3.05, 3.63) is 29.8 Å². The first-order valence-corrected chi connectivity index (χ1v) is 4.54. The van der Waals surface area contributed by atoms with Gasteiger partial charge in [-0.25, -0.2) is 0 Å². The Balaban J connectivity index is 2.58. The van der Waals surface area contributed by atoms with E-state index in [1.807, 2.05) is 26.0 Å². The van der Waals surface area contributed by atoms with Gasteiger partial charge in [-0.3, -0.25) is 0 Å². The van der Waals surface area contributed by atoms with E-state index in [4.69, 9.17) is 11.0 Å². The zero-order valence-corrected chi connectivity index (χ0v) is 8.54. The molecule has 0 aliphatic heterocycles. The fourth-order valence-corrected chi connectivity index (χ4v) is 0.992. The van der Waals surface area contributed by atoms with Crippen LogP contribution in [0.15, 0.2) is 24.3 Å². The molecule has 0 fully saturated rings. The van der Waals surface area contributed by atoms with Crippen molar-refractivity contribution in [1.29, 1.82) is 5.26 Å². The van der Waals surface area contributed by atoms with Crippen LogP contribution in [0.25, 0.3) is 0 Å². The summed E-state index contributed by atoms with van der Waals surface area (Å²) in [5.74, 6) is 0. The summed E-state index contributed by atoms with van der Waals surface area (Å²) in [7, 11) is 0. The maximum Gasteiger partial charge on any atom is 0.0991 e. The second-order valence-electron chi connectivity index (χ2n) is 4.03. The molecule has 0 saturated heterocycles. The summed E-state index contributed by atoms with van der Waals surface area (Å²) < 4.78 is 0. The first kappa shape index (κ1) is 10.6. The smallest absolute Gasteiger partial charge is 0.0991 e. The van der Waals surface area contributed by atoms with Crippen molar-refractivity contribution in [3.63, 3.8) is 0 Å². The highest BCUT2D eigenvalue weighted by atomic mass is 14.9. The molecule has 74 valence electrons. The van der Waals surface area contributed by atoms with Crippen molar-refractivity contribution in [1.82, 2.24) is 0 Å². The Hall–Kier alpha value is -1.53. The van der Waals surface area contributed by atoms with E-state index in [-0.39, 0.29) is 5.54 Å². The van der Waals surface area contributed by atoms with Crippen molar-refractivity contribution in [2.24, 2.45) is 5.73 Å². The average molecular weight is 189 g/mol. The summed E-state index contributed by atoms with van der Waals surface area (Å²) >= 11 is 0. The van der Waals surface area contributed by atoms with E-state index in [1.165, 1.54) is 0 Å². The van der Waals surface area contributed by atoms with Crippen LogP contribution in [0.5, 0.6) is 0 Å². The summed E-state index contributed by atoms with van der Waals surface area (Å²) in [6.45, 7) is 4.63. The number of hydrogen-bond acceptors (Lipinski definition) is 3. The Labute approximate surface area is 84.5 Å². The van der Waals surface area contributed by atoms with Crippen LogP contribution >= 0.6 is 0 Å². The molecule has 0 aliphatic rings. The number of nitrogens with zero attached hydrogens (tertiary/aromatic N) is 1. The highest BCUT2D eigenvalue weighted by molar-refractivity contribution is 5.47. The van der Waals surface area contributed by atoms with E-state index in [2.05, 4.69) is 11.4 Å². The minimum atomic E-state index is -0.228. The zero-order valence-electron chi connectivity index (χ0n) is 8.54. The Morgan fingerprint density at radius 1 is 1.36 bits per heavy atom. The van der Waals surface area contributed by atoms with E-state index in [1.54, 1.807) is 12.1 Å². The predicted molar refractivity (Wildman–Crippen MR) is 57.9 cm³/mol. The topological polar surface area (TPSA) is 61.8 Å². The average Bonchev–Trinajstić information content (AvgIpc) is 2.14. The van der Waals surface area contributed by atoms with E-state index < -0.39 is 0 Å². The molecule has 3 N–H and O–H groups in total. The lowest BCUT2D eigenvalue weighted by Crippen LogP contribution is -2.39. The molecule has 1 aromatic carbocycles. The van der Waals surface area contributed by atoms with Crippen molar-refractivity contribution < 1.29 is 0 Å². The summed E-state index contributed by atoms with van der Waals surface area (Å²) in [4.78, 5) is 0. The van der Waals surface area contributed by atoms with Gasteiger partial charge in [0.1, 0.15) is 0 Å². The number of nitriles is 1. The molecule has 0 atom stereocenters. The van der Waals surface area contributed by atoms with Gasteiger partial charge < -0.3 is 11.1 Å². The molecule has 0 bridgehead atoms. The predicted octanol–water partition coefficient (Wildman–Crippen LogP) is 1.71. The van der Waals surface area contributed by atoms with Crippen LogP contribution in [0.3, 0.4) is 0 Å². The van der Waals surface area contributed by atoms with Gasteiger partial charge in [0.2, 0.25) is 0 Å². The summed E-state index contributed by atoms with van der Waals surface area (Å²) in [6.07, 6.45) is 0. The van der Waals surface area contributed by atoms with E-state index in [9.17, 15) is 0 Å². The lowest BCUT2D eigenvalue weighted by molar-refractivity contribution is 0.549. The highest BCUT2D eigenvalue weighted by Gasteiger charge is 2.09. The molecule has 3 nitrogen and oxygen atoms in total. The van der Waals surface area contributed by atoms with Gasteiger partial charge in [0, 0.05) is 17.8 Å². The molecule has 0 aliphatic carbocycles. The van der Waals surface area contributed by atoms with Gasteiger partial charge in [-0.2, -0.15) is 5.26 Å². The Bertz CT molecular complexity index is 327. The molecule has 1 rings (SSSR count). The number of nitrogens with one attached hydrogen (secondary N) is 1. The van der Waals surface area contributed by atoms with Crippen LogP contribution in [0.4, 0.5) is 5.69 Å². The number of benzene rings is 1. The lowest BCUT2D eigenvalue weighted by atomic mass is 10.1. The second-order valence-corrected chi connectivity index (χ2v) is 4.03. The normalized spacial score (nSPS) is 10.7. The fourth-order valence-electron chi connectivity index (χ4n) is 0.992. The van der Waals surface area contributed by atoms with Gasteiger partial charge in [0.15, 0.2) is 0 Å². The largest absolute Gasteiger partial charge is 0.383 e. The molecule has 0 heterocycles. The number of anilines is 1. The Kier molecular flexibility index (Phi) is 3.10. The Morgan fingerprint density at radius 3 is 2.36 bits per heavy atom. The van der Waals surface area contributed by atoms with Gasteiger partial charge in [0.25, 0.3) is 0 Å². The van der Waals surface area contributed by atoms with Crippen LogP contribution < -0.4 is 11.1 Å². The molecular weight excluding hydrogens is 174 g/mol. The van der Waals surface area contributed by atoms with Crippen LogP contribution in [0.2, 0.25) is 0 Å². The van der Waals surface area contributed by atoms with Crippen molar-refractivity contribution in [3.8, 4) is 6.07 Å². The third-order valence-electron chi connectivity index (χ3n) is 1.76. The molecular formula is C11H15N3. The monoisotopic (exact) mass is 189 g/mol. The third-order valence-corrected chi connectivity index (χ3v) is 1.76. The standard InChI is InChI=1S/C11H15N3/c1-11(2,13)8-14-10-5-3-9(7-12)4-6-10/h3-6,14H,8,13H2,1-2H3. The molecule has 0 aromatic heterocycles. The molecule has 0 saturated carbocycles. The van der Waals surface area contributed by atoms with Gasteiger partial charge >= 0.3 is 0 Å².